The molecule has 1 amide bonds. The van der Waals surface area contributed by atoms with Crippen molar-refractivity contribution in [2.75, 3.05) is 0 Å². The van der Waals surface area contributed by atoms with Crippen molar-refractivity contribution in [1.29, 1.82) is 0 Å². The smallest absolute Gasteiger partial charge is 0.326 e. The molecular formula is C20H20N4O3. The quantitative estimate of drug-likeness (QED) is 0.650. The molecule has 7 nitrogen and oxygen atoms in total. The van der Waals surface area contributed by atoms with E-state index in [0.29, 0.717) is 5.56 Å². The molecule has 27 heavy (non-hydrogen) atoms. The van der Waals surface area contributed by atoms with Gasteiger partial charge in [-0.25, -0.2) is 9.78 Å². The molecule has 0 spiro atoms. The zero-order chi connectivity index (χ0) is 18.5. The maximum Gasteiger partial charge on any atom is 0.326 e. The summed E-state index contributed by atoms with van der Waals surface area (Å²) in [5, 5.41) is 10.7. The van der Waals surface area contributed by atoms with Crippen LogP contribution in [0.2, 0.25) is 0 Å². The van der Waals surface area contributed by atoms with Gasteiger partial charge in [-0.1, -0.05) is 0 Å². The van der Waals surface area contributed by atoms with E-state index in [1.807, 2.05) is 12.1 Å². The first-order valence-corrected chi connectivity index (χ1v) is 9.30. The van der Waals surface area contributed by atoms with Gasteiger partial charge in [0.25, 0.3) is 5.91 Å². The number of carboxylic acids is 1. The molecule has 2 aliphatic rings. The SMILES string of the molecule is O=C(O)[C@@H]1Cc2nc[nH]c2CN1C(=O)c1ccc2[nH]c3c(c2c1)CCCC3. The van der Waals surface area contributed by atoms with Crippen molar-refractivity contribution in [2.24, 2.45) is 0 Å². The van der Waals surface area contributed by atoms with E-state index in [0.717, 1.165) is 41.6 Å². The minimum absolute atomic E-state index is 0.224. The number of amides is 1. The molecule has 0 unspecified atom stereocenters. The zero-order valence-corrected chi connectivity index (χ0v) is 14.8. The number of aromatic nitrogens is 3. The highest BCUT2D eigenvalue weighted by Crippen LogP contribution is 2.31. The number of nitrogens with one attached hydrogen (secondary N) is 2. The van der Waals surface area contributed by atoms with E-state index in [-0.39, 0.29) is 18.9 Å². The number of aryl methyl sites for hydroxylation is 2. The maximum absolute atomic E-state index is 13.2. The Kier molecular flexibility index (Phi) is 3.56. The number of imidazole rings is 1. The highest BCUT2D eigenvalue weighted by Gasteiger charge is 2.36. The lowest BCUT2D eigenvalue weighted by molar-refractivity contribution is -0.142. The van der Waals surface area contributed by atoms with Crippen LogP contribution in [0.1, 0.15) is 45.8 Å². The summed E-state index contributed by atoms with van der Waals surface area (Å²) < 4.78 is 0. The van der Waals surface area contributed by atoms with Crippen molar-refractivity contribution in [3.05, 3.63) is 52.7 Å². The van der Waals surface area contributed by atoms with Gasteiger partial charge in [-0.05, 0) is 49.4 Å². The number of fused-ring (bicyclic) bond motifs is 4. The largest absolute Gasteiger partial charge is 0.480 e. The molecule has 0 saturated carbocycles. The van der Waals surface area contributed by atoms with Gasteiger partial charge in [-0.3, -0.25) is 4.79 Å². The highest BCUT2D eigenvalue weighted by atomic mass is 16.4. The van der Waals surface area contributed by atoms with Crippen molar-refractivity contribution >= 4 is 22.8 Å². The van der Waals surface area contributed by atoms with Gasteiger partial charge >= 0.3 is 5.97 Å². The lowest BCUT2D eigenvalue weighted by Gasteiger charge is -2.32. The monoisotopic (exact) mass is 364 g/mol. The number of H-pyrrole nitrogens is 2. The Balaban J connectivity index is 1.53. The first kappa shape index (κ1) is 16.1. The molecule has 3 N–H and O–H groups in total. The number of hydrogen-bond acceptors (Lipinski definition) is 3. The minimum atomic E-state index is -1.00. The zero-order valence-electron chi connectivity index (χ0n) is 14.8. The fourth-order valence-electron chi connectivity index (χ4n) is 4.37. The normalized spacial score (nSPS) is 19.0. The van der Waals surface area contributed by atoms with Crippen LogP contribution in [0.15, 0.2) is 24.5 Å². The third kappa shape index (κ3) is 2.53. The number of carbonyl (C=O) groups is 2. The second kappa shape index (κ2) is 5.97. The van der Waals surface area contributed by atoms with Gasteiger partial charge in [0.1, 0.15) is 6.04 Å². The summed E-state index contributed by atoms with van der Waals surface area (Å²) in [5.74, 6) is -1.26. The molecular weight excluding hydrogens is 344 g/mol. The van der Waals surface area contributed by atoms with Gasteiger partial charge in [-0.2, -0.15) is 0 Å². The summed E-state index contributed by atoms with van der Waals surface area (Å²) in [7, 11) is 0. The molecule has 2 aromatic heterocycles. The van der Waals surface area contributed by atoms with Crippen LogP contribution in [-0.2, 0) is 30.6 Å². The summed E-state index contributed by atoms with van der Waals surface area (Å²) in [4.78, 5) is 37.0. The molecule has 1 atom stereocenters. The molecule has 1 aromatic carbocycles. The topological polar surface area (TPSA) is 102 Å². The Morgan fingerprint density at radius 3 is 2.89 bits per heavy atom. The van der Waals surface area contributed by atoms with Gasteiger partial charge in [0.2, 0.25) is 0 Å². The fourth-order valence-corrected chi connectivity index (χ4v) is 4.37. The second-order valence-corrected chi connectivity index (χ2v) is 7.37. The van der Waals surface area contributed by atoms with Gasteiger partial charge in [0.05, 0.1) is 24.3 Å². The van der Waals surface area contributed by atoms with Crippen LogP contribution in [-0.4, -0.2) is 42.9 Å². The summed E-state index contributed by atoms with van der Waals surface area (Å²) in [6.07, 6.45) is 6.19. The molecule has 0 radical (unpaired) electrons. The first-order chi connectivity index (χ1) is 13.1. The molecule has 0 bridgehead atoms. The maximum atomic E-state index is 13.2. The number of carbonyl (C=O) groups excluding carboxylic acids is 1. The molecule has 0 saturated heterocycles. The van der Waals surface area contributed by atoms with Gasteiger partial charge in [0, 0.05) is 28.6 Å². The number of aliphatic carboxylic acids is 1. The van der Waals surface area contributed by atoms with E-state index >= 15 is 0 Å². The molecule has 0 fully saturated rings. The van der Waals surface area contributed by atoms with Crippen molar-refractivity contribution in [1.82, 2.24) is 19.9 Å². The van der Waals surface area contributed by atoms with Crippen LogP contribution in [0.25, 0.3) is 10.9 Å². The Labute approximate surface area is 155 Å². The van der Waals surface area contributed by atoms with E-state index < -0.39 is 12.0 Å². The average molecular weight is 364 g/mol. The van der Waals surface area contributed by atoms with E-state index in [2.05, 4.69) is 15.0 Å². The van der Waals surface area contributed by atoms with Crippen molar-refractivity contribution in [2.45, 2.75) is 44.7 Å². The molecule has 1 aliphatic heterocycles. The van der Waals surface area contributed by atoms with Crippen LogP contribution in [0.5, 0.6) is 0 Å². The van der Waals surface area contributed by atoms with E-state index in [1.165, 1.54) is 22.6 Å². The van der Waals surface area contributed by atoms with Crippen LogP contribution < -0.4 is 0 Å². The average Bonchev–Trinajstić information content (AvgIpc) is 3.29. The van der Waals surface area contributed by atoms with Crippen LogP contribution >= 0.6 is 0 Å². The van der Waals surface area contributed by atoms with Crippen molar-refractivity contribution < 1.29 is 14.7 Å². The number of nitrogens with zero attached hydrogens (tertiary/aromatic N) is 2. The van der Waals surface area contributed by atoms with Gasteiger partial charge < -0.3 is 20.0 Å². The predicted octanol–water partition coefficient (Wildman–Crippen LogP) is 2.42. The van der Waals surface area contributed by atoms with E-state index in [4.69, 9.17) is 0 Å². The molecule has 138 valence electrons. The Morgan fingerprint density at radius 1 is 1.19 bits per heavy atom. The lowest BCUT2D eigenvalue weighted by Crippen LogP contribution is -2.48. The number of aromatic amines is 2. The third-order valence-corrected chi connectivity index (χ3v) is 5.79. The fraction of sp³-hybridized carbons (Fsp3) is 0.350. The number of rotatable bonds is 2. The van der Waals surface area contributed by atoms with E-state index in [1.54, 1.807) is 12.4 Å². The van der Waals surface area contributed by atoms with E-state index in [9.17, 15) is 14.7 Å². The van der Waals surface area contributed by atoms with Crippen molar-refractivity contribution in [3.8, 4) is 0 Å². The first-order valence-electron chi connectivity index (χ1n) is 9.30. The Morgan fingerprint density at radius 2 is 2.04 bits per heavy atom. The summed E-state index contributed by atoms with van der Waals surface area (Å²) >= 11 is 0. The lowest BCUT2D eigenvalue weighted by atomic mass is 9.95. The number of hydrogen-bond donors (Lipinski definition) is 3. The Bertz CT molecular complexity index is 1060. The molecule has 1 aliphatic carbocycles. The third-order valence-electron chi connectivity index (χ3n) is 5.79. The van der Waals surface area contributed by atoms with Crippen LogP contribution in [0.3, 0.4) is 0 Å². The molecule has 7 heteroatoms. The van der Waals surface area contributed by atoms with Crippen LogP contribution in [0, 0.1) is 0 Å². The summed E-state index contributed by atoms with van der Waals surface area (Å²) in [6, 6.07) is 4.74. The summed E-state index contributed by atoms with van der Waals surface area (Å²) in [5.41, 5.74) is 5.67. The standard InChI is InChI=1S/C20H20N4O3/c25-19(24-9-17-16(21-10-22-17)8-18(24)20(26)27)11-5-6-15-13(7-11)12-3-1-2-4-14(12)23-15/h5-7,10,18,23H,1-4,8-9H2,(H,21,22)(H,26,27)/t18-/m0/s1. The molecule has 3 aromatic rings. The molecule has 3 heterocycles. The highest BCUT2D eigenvalue weighted by molar-refractivity contribution is 6.00. The Hall–Kier alpha value is -3.09. The second-order valence-electron chi connectivity index (χ2n) is 7.37. The van der Waals surface area contributed by atoms with Gasteiger partial charge in [-0.15, -0.1) is 0 Å². The molecule has 5 rings (SSSR count). The minimum Gasteiger partial charge on any atom is -0.480 e. The van der Waals surface area contributed by atoms with Crippen LogP contribution in [0.4, 0.5) is 0 Å². The predicted molar refractivity (Wildman–Crippen MR) is 98.5 cm³/mol. The van der Waals surface area contributed by atoms with Gasteiger partial charge in [0.15, 0.2) is 0 Å². The summed E-state index contributed by atoms with van der Waals surface area (Å²) in [6.45, 7) is 0.231. The van der Waals surface area contributed by atoms with Crippen molar-refractivity contribution in [3.63, 3.8) is 0 Å². The number of benzene rings is 1. The number of carboxylic acid groups (broad SMARTS) is 1.